The van der Waals surface area contributed by atoms with Crippen molar-refractivity contribution in [1.29, 1.82) is 0 Å². The fourth-order valence-corrected chi connectivity index (χ4v) is 2.55. The highest BCUT2D eigenvalue weighted by Crippen LogP contribution is 2.19. The maximum atomic E-state index is 11.9. The molecule has 1 aliphatic rings. The van der Waals surface area contributed by atoms with Gasteiger partial charge in [-0.3, -0.25) is 0 Å². The molecule has 1 fully saturated rings. The van der Waals surface area contributed by atoms with Gasteiger partial charge < -0.3 is 5.32 Å². The van der Waals surface area contributed by atoms with Gasteiger partial charge in [-0.25, -0.2) is 12.7 Å². The van der Waals surface area contributed by atoms with Crippen LogP contribution in [0.3, 0.4) is 0 Å². The van der Waals surface area contributed by atoms with Crippen molar-refractivity contribution in [3.05, 3.63) is 12.7 Å². The number of sulfonamides is 1. The highest BCUT2D eigenvalue weighted by atomic mass is 32.2. The Morgan fingerprint density at radius 2 is 2.20 bits per heavy atom. The molecule has 15 heavy (non-hydrogen) atoms. The Balaban J connectivity index is 2.46. The molecule has 1 N–H and O–H groups in total. The molecule has 0 spiro atoms. The second-order valence-corrected chi connectivity index (χ2v) is 6.57. The van der Waals surface area contributed by atoms with Crippen LogP contribution in [0.15, 0.2) is 12.7 Å². The summed E-state index contributed by atoms with van der Waals surface area (Å²) in [7, 11) is -1.58. The molecule has 1 aliphatic carbocycles. The van der Waals surface area contributed by atoms with Gasteiger partial charge in [-0.15, -0.1) is 6.58 Å². The van der Waals surface area contributed by atoms with Crippen LogP contribution in [-0.4, -0.2) is 44.2 Å². The van der Waals surface area contributed by atoms with Gasteiger partial charge in [0.05, 0.1) is 5.25 Å². The van der Waals surface area contributed by atoms with Crippen molar-refractivity contribution in [2.45, 2.75) is 31.1 Å². The van der Waals surface area contributed by atoms with Crippen LogP contribution in [0.25, 0.3) is 0 Å². The quantitative estimate of drug-likeness (QED) is 0.653. The summed E-state index contributed by atoms with van der Waals surface area (Å²) < 4.78 is 25.1. The van der Waals surface area contributed by atoms with E-state index in [1.807, 2.05) is 0 Å². The molecule has 5 heteroatoms. The van der Waals surface area contributed by atoms with Crippen LogP contribution in [0.4, 0.5) is 0 Å². The third kappa shape index (κ3) is 3.59. The summed E-state index contributed by atoms with van der Waals surface area (Å²) in [4.78, 5) is 0. The SMILES string of the molecule is C=CCN(C)S(=O)(=O)C(C)CNC1CC1. The summed E-state index contributed by atoms with van der Waals surface area (Å²) in [6, 6.07) is 0.548. The Morgan fingerprint density at radius 1 is 1.60 bits per heavy atom. The second-order valence-electron chi connectivity index (χ2n) is 4.11. The van der Waals surface area contributed by atoms with E-state index in [0.29, 0.717) is 19.1 Å². The van der Waals surface area contributed by atoms with Crippen LogP contribution in [0, 0.1) is 0 Å². The molecule has 0 aliphatic heterocycles. The molecule has 1 atom stereocenters. The van der Waals surface area contributed by atoms with Gasteiger partial charge >= 0.3 is 0 Å². The average molecular weight is 232 g/mol. The predicted molar refractivity (Wildman–Crippen MR) is 62.2 cm³/mol. The topological polar surface area (TPSA) is 49.4 Å². The molecular weight excluding hydrogens is 212 g/mol. The zero-order valence-electron chi connectivity index (χ0n) is 9.44. The molecule has 0 aromatic carbocycles. The van der Waals surface area contributed by atoms with Crippen molar-refractivity contribution in [2.24, 2.45) is 0 Å². The third-order valence-corrected chi connectivity index (χ3v) is 4.80. The van der Waals surface area contributed by atoms with E-state index >= 15 is 0 Å². The van der Waals surface area contributed by atoms with Gasteiger partial charge in [-0.2, -0.15) is 0 Å². The maximum absolute atomic E-state index is 11.9. The molecule has 1 saturated carbocycles. The molecule has 0 aromatic heterocycles. The molecule has 1 rings (SSSR count). The first-order chi connectivity index (χ1) is 6.98. The van der Waals surface area contributed by atoms with Gasteiger partial charge in [-0.1, -0.05) is 6.08 Å². The average Bonchev–Trinajstić information content (AvgIpc) is 2.97. The lowest BCUT2D eigenvalue weighted by Crippen LogP contribution is -2.40. The zero-order chi connectivity index (χ0) is 11.5. The van der Waals surface area contributed by atoms with Gasteiger partial charge in [-0.05, 0) is 19.8 Å². The Kier molecular flexibility index (Phi) is 4.31. The second kappa shape index (κ2) is 5.09. The first kappa shape index (κ1) is 12.7. The smallest absolute Gasteiger partial charge is 0.217 e. The van der Waals surface area contributed by atoms with Crippen LogP contribution in [0.2, 0.25) is 0 Å². The number of rotatable bonds is 7. The molecule has 0 bridgehead atoms. The van der Waals surface area contributed by atoms with E-state index in [9.17, 15) is 8.42 Å². The van der Waals surface area contributed by atoms with Crippen molar-refractivity contribution < 1.29 is 8.42 Å². The van der Waals surface area contributed by atoms with E-state index in [2.05, 4.69) is 11.9 Å². The summed E-state index contributed by atoms with van der Waals surface area (Å²) in [6.45, 7) is 6.18. The standard InChI is InChI=1S/C10H20N2O2S/c1-4-7-12(3)15(13,14)9(2)8-11-10-5-6-10/h4,9-11H,1,5-8H2,2-3H3. The fraction of sp³-hybridized carbons (Fsp3) is 0.800. The van der Waals surface area contributed by atoms with Crippen molar-refractivity contribution in [1.82, 2.24) is 9.62 Å². The predicted octanol–water partition coefficient (Wildman–Crippen LogP) is 0.574. The molecular formula is C10H20N2O2S. The summed E-state index contributed by atoms with van der Waals surface area (Å²) >= 11 is 0. The number of hydrogen-bond donors (Lipinski definition) is 1. The van der Waals surface area contributed by atoms with Gasteiger partial charge in [0.1, 0.15) is 0 Å². The minimum atomic E-state index is -3.17. The zero-order valence-corrected chi connectivity index (χ0v) is 10.3. The summed E-state index contributed by atoms with van der Waals surface area (Å²) in [5.74, 6) is 0. The van der Waals surface area contributed by atoms with E-state index in [0.717, 1.165) is 0 Å². The molecule has 0 radical (unpaired) electrons. The number of nitrogens with one attached hydrogen (secondary N) is 1. The molecule has 4 nitrogen and oxygen atoms in total. The molecule has 0 amide bonds. The van der Waals surface area contributed by atoms with Crippen LogP contribution in [0.1, 0.15) is 19.8 Å². The van der Waals surface area contributed by atoms with E-state index in [-0.39, 0.29) is 5.25 Å². The Hall–Kier alpha value is -0.390. The lowest BCUT2D eigenvalue weighted by molar-refractivity contribution is 0.482. The van der Waals surface area contributed by atoms with E-state index < -0.39 is 10.0 Å². The lowest BCUT2D eigenvalue weighted by Gasteiger charge is -2.20. The lowest BCUT2D eigenvalue weighted by atomic mass is 10.4. The molecule has 88 valence electrons. The first-order valence-corrected chi connectivity index (χ1v) is 6.78. The van der Waals surface area contributed by atoms with Gasteiger partial charge in [0.15, 0.2) is 0 Å². The van der Waals surface area contributed by atoms with Crippen molar-refractivity contribution in [3.63, 3.8) is 0 Å². The maximum Gasteiger partial charge on any atom is 0.217 e. The van der Waals surface area contributed by atoms with Crippen LogP contribution in [0.5, 0.6) is 0 Å². The van der Waals surface area contributed by atoms with E-state index in [1.54, 1.807) is 20.0 Å². The summed E-state index contributed by atoms with van der Waals surface area (Å²) in [6.07, 6.45) is 3.95. The van der Waals surface area contributed by atoms with Gasteiger partial charge in [0.25, 0.3) is 0 Å². The van der Waals surface area contributed by atoms with Crippen molar-refractivity contribution in [2.75, 3.05) is 20.1 Å². The van der Waals surface area contributed by atoms with Crippen molar-refractivity contribution >= 4 is 10.0 Å². The molecule has 1 unspecified atom stereocenters. The molecule has 0 aromatic rings. The Labute approximate surface area is 92.4 Å². The van der Waals surface area contributed by atoms with E-state index in [4.69, 9.17) is 0 Å². The highest BCUT2D eigenvalue weighted by Gasteiger charge is 2.27. The molecule has 0 saturated heterocycles. The number of likely N-dealkylation sites (N-methyl/N-ethyl adjacent to an activating group) is 1. The van der Waals surface area contributed by atoms with Crippen molar-refractivity contribution in [3.8, 4) is 0 Å². The normalized spacial score (nSPS) is 19.1. The van der Waals surface area contributed by atoms with Crippen LogP contribution >= 0.6 is 0 Å². The largest absolute Gasteiger partial charge is 0.313 e. The first-order valence-electron chi connectivity index (χ1n) is 5.28. The fourth-order valence-electron chi connectivity index (χ4n) is 1.32. The van der Waals surface area contributed by atoms with Crippen LogP contribution < -0.4 is 5.32 Å². The summed E-state index contributed by atoms with van der Waals surface area (Å²) in [5, 5.41) is 2.86. The van der Waals surface area contributed by atoms with Gasteiger partial charge in [0.2, 0.25) is 10.0 Å². The van der Waals surface area contributed by atoms with E-state index in [1.165, 1.54) is 17.1 Å². The minimum Gasteiger partial charge on any atom is -0.313 e. The number of hydrogen-bond acceptors (Lipinski definition) is 3. The van der Waals surface area contributed by atoms with Crippen LogP contribution in [-0.2, 0) is 10.0 Å². The molecule has 0 heterocycles. The van der Waals surface area contributed by atoms with Gasteiger partial charge in [0, 0.05) is 26.2 Å². The minimum absolute atomic E-state index is 0.371. The monoisotopic (exact) mass is 232 g/mol. The third-order valence-electron chi connectivity index (χ3n) is 2.60. The number of nitrogens with zero attached hydrogens (tertiary/aromatic N) is 1. The summed E-state index contributed by atoms with van der Waals surface area (Å²) in [5.41, 5.74) is 0. The Morgan fingerprint density at radius 3 is 2.67 bits per heavy atom. The highest BCUT2D eigenvalue weighted by molar-refractivity contribution is 7.89. The Bertz CT molecular complexity index is 309.